The lowest BCUT2D eigenvalue weighted by molar-refractivity contribution is 0.424. The minimum absolute atomic E-state index is 0.304. The van der Waals surface area contributed by atoms with Gasteiger partial charge in [-0.15, -0.1) is 0 Å². The van der Waals surface area contributed by atoms with E-state index >= 15 is 0 Å². The molecule has 1 saturated heterocycles. The Hall–Kier alpha value is -1.51. The third-order valence-corrected chi connectivity index (χ3v) is 6.24. The standard InChI is InChI=1S/C18H30ClN5O2S/c1-4-24(27(3,25)26)11-6-10-21-18(20-2)22-16-9-12-23(14-16)17-8-5-7-15(19)13-17/h5,7-8,13,16H,4,6,9-12,14H2,1-3H3,(H2,20,21,22). The number of nitrogens with one attached hydrogen (secondary N) is 2. The molecule has 1 aromatic rings. The molecule has 1 unspecified atom stereocenters. The summed E-state index contributed by atoms with van der Waals surface area (Å²) < 4.78 is 24.7. The zero-order valence-corrected chi connectivity index (χ0v) is 17.9. The highest BCUT2D eigenvalue weighted by Crippen LogP contribution is 2.23. The zero-order chi connectivity index (χ0) is 19.9. The molecule has 27 heavy (non-hydrogen) atoms. The second kappa shape index (κ2) is 10.1. The van der Waals surface area contributed by atoms with Crippen LogP contribution in [0.5, 0.6) is 0 Å². The van der Waals surface area contributed by atoms with Gasteiger partial charge in [-0.25, -0.2) is 12.7 Å². The van der Waals surface area contributed by atoms with Gasteiger partial charge in [0.25, 0.3) is 0 Å². The highest BCUT2D eigenvalue weighted by atomic mass is 35.5. The smallest absolute Gasteiger partial charge is 0.211 e. The summed E-state index contributed by atoms with van der Waals surface area (Å²) in [5.74, 6) is 0.746. The van der Waals surface area contributed by atoms with Crippen LogP contribution in [0.25, 0.3) is 0 Å². The molecule has 7 nitrogen and oxygen atoms in total. The Bertz CT molecular complexity index is 741. The highest BCUT2D eigenvalue weighted by Gasteiger charge is 2.23. The molecule has 2 N–H and O–H groups in total. The topological polar surface area (TPSA) is 77.0 Å². The van der Waals surface area contributed by atoms with Crippen molar-refractivity contribution in [3.8, 4) is 0 Å². The molecule has 1 atom stereocenters. The molecule has 0 amide bonds. The van der Waals surface area contributed by atoms with E-state index in [-0.39, 0.29) is 0 Å². The second-order valence-electron chi connectivity index (χ2n) is 6.66. The van der Waals surface area contributed by atoms with Gasteiger partial charge >= 0.3 is 0 Å². The van der Waals surface area contributed by atoms with Gasteiger partial charge in [0.15, 0.2) is 5.96 Å². The molecule has 0 aromatic heterocycles. The number of nitrogens with zero attached hydrogens (tertiary/aromatic N) is 3. The lowest BCUT2D eigenvalue weighted by atomic mass is 10.2. The van der Waals surface area contributed by atoms with Crippen LogP contribution in [0.4, 0.5) is 5.69 Å². The first-order valence-electron chi connectivity index (χ1n) is 9.26. The molecule has 9 heteroatoms. The summed E-state index contributed by atoms with van der Waals surface area (Å²) in [6.07, 6.45) is 2.99. The van der Waals surface area contributed by atoms with Gasteiger partial charge in [0.1, 0.15) is 0 Å². The molecule has 0 saturated carbocycles. The second-order valence-corrected chi connectivity index (χ2v) is 9.08. The van der Waals surface area contributed by atoms with Gasteiger partial charge in [0, 0.05) is 56.5 Å². The molecule has 2 rings (SSSR count). The van der Waals surface area contributed by atoms with Crippen molar-refractivity contribution in [2.45, 2.75) is 25.8 Å². The van der Waals surface area contributed by atoms with Gasteiger partial charge in [0.2, 0.25) is 10.0 Å². The van der Waals surface area contributed by atoms with Gasteiger partial charge in [0.05, 0.1) is 6.26 Å². The van der Waals surface area contributed by atoms with Crippen LogP contribution in [0.1, 0.15) is 19.8 Å². The van der Waals surface area contributed by atoms with E-state index in [1.165, 1.54) is 10.6 Å². The maximum atomic E-state index is 11.6. The first-order valence-corrected chi connectivity index (χ1v) is 11.5. The minimum atomic E-state index is -3.13. The van der Waals surface area contributed by atoms with Crippen LogP contribution >= 0.6 is 11.6 Å². The molecule has 0 radical (unpaired) electrons. The van der Waals surface area contributed by atoms with Gasteiger partial charge in [-0.3, -0.25) is 4.99 Å². The number of benzene rings is 1. The summed E-state index contributed by atoms with van der Waals surface area (Å²) in [6.45, 7) is 5.36. The summed E-state index contributed by atoms with van der Waals surface area (Å²) in [4.78, 5) is 6.58. The Morgan fingerprint density at radius 1 is 1.44 bits per heavy atom. The van der Waals surface area contributed by atoms with Crippen LogP contribution < -0.4 is 15.5 Å². The largest absolute Gasteiger partial charge is 0.369 e. The van der Waals surface area contributed by atoms with Crippen LogP contribution in [-0.4, -0.2) is 70.8 Å². The molecular formula is C18H30ClN5O2S. The van der Waals surface area contributed by atoms with E-state index in [1.807, 2.05) is 25.1 Å². The molecule has 1 aliphatic rings. The molecule has 1 aromatic carbocycles. The lowest BCUT2D eigenvalue weighted by Gasteiger charge is -2.21. The molecule has 1 heterocycles. The van der Waals surface area contributed by atoms with E-state index < -0.39 is 10.0 Å². The number of rotatable bonds is 8. The first-order chi connectivity index (χ1) is 12.8. The monoisotopic (exact) mass is 415 g/mol. The minimum Gasteiger partial charge on any atom is -0.369 e. The Labute approximate surface area is 167 Å². The highest BCUT2D eigenvalue weighted by molar-refractivity contribution is 7.88. The average Bonchev–Trinajstić information content (AvgIpc) is 3.08. The lowest BCUT2D eigenvalue weighted by Crippen LogP contribution is -2.45. The fourth-order valence-electron chi connectivity index (χ4n) is 3.19. The maximum Gasteiger partial charge on any atom is 0.211 e. The van der Waals surface area contributed by atoms with Gasteiger partial charge in [-0.1, -0.05) is 24.6 Å². The van der Waals surface area contributed by atoms with E-state index in [4.69, 9.17) is 11.6 Å². The quantitative estimate of drug-likeness (QED) is 0.384. The van der Waals surface area contributed by atoms with E-state index in [0.717, 1.165) is 42.6 Å². The number of hydrogen-bond acceptors (Lipinski definition) is 4. The molecule has 1 aliphatic heterocycles. The van der Waals surface area contributed by atoms with Crippen LogP contribution in [0, 0.1) is 0 Å². The summed E-state index contributed by atoms with van der Waals surface area (Å²) in [5, 5.41) is 7.46. The van der Waals surface area contributed by atoms with Crippen molar-refractivity contribution in [1.29, 1.82) is 0 Å². The molecule has 1 fully saturated rings. The molecule has 152 valence electrons. The predicted octanol–water partition coefficient (Wildman–Crippen LogP) is 1.76. The Morgan fingerprint density at radius 3 is 2.85 bits per heavy atom. The van der Waals surface area contributed by atoms with Crippen LogP contribution in [0.2, 0.25) is 5.02 Å². The number of sulfonamides is 1. The van der Waals surface area contributed by atoms with Crippen molar-refractivity contribution in [2.24, 2.45) is 4.99 Å². The fraction of sp³-hybridized carbons (Fsp3) is 0.611. The summed E-state index contributed by atoms with van der Waals surface area (Å²) in [7, 11) is -1.39. The number of anilines is 1. The first kappa shape index (κ1) is 21.8. The third kappa shape index (κ3) is 6.86. The fourth-order valence-corrected chi connectivity index (χ4v) is 4.31. The van der Waals surface area contributed by atoms with Crippen LogP contribution in [0.3, 0.4) is 0 Å². The van der Waals surface area contributed by atoms with E-state index in [1.54, 1.807) is 7.05 Å². The summed E-state index contributed by atoms with van der Waals surface area (Å²) >= 11 is 6.09. The normalized spacial score (nSPS) is 18.2. The zero-order valence-electron chi connectivity index (χ0n) is 16.3. The van der Waals surface area contributed by atoms with Crippen molar-refractivity contribution in [1.82, 2.24) is 14.9 Å². The maximum absolute atomic E-state index is 11.6. The van der Waals surface area contributed by atoms with Gasteiger partial charge < -0.3 is 15.5 Å². The Kier molecular flexibility index (Phi) is 8.19. The van der Waals surface area contributed by atoms with Gasteiger partial charge in [-0.2, -0.15) is 0 Å². The van der Waals surface area contributed by atoms with E-state index in [0.29, 0.717) is 25.7 Å². The molecule has 0 bridgehead atoms. The number of aliphatic imine (C=N–C) groups is 1. The number of halogens is 1. The number of hydrogen-bond donors (Lipinski definition) is 2. The van der Waals surface area contributed by atoms with Crippen molar-refractivity contribution >= 4 is 33.3 Å². The Balaban J connectivity index is 1.76. The molecule has 0 spiro atoms. The average molecular weight is 416 g/mol. The third-order valence-electron chi connectivity index (χ3n) is 4.62. The van der Waals surface area contributed by atoms with E-state index in [2.05, 4.69) is 26.6 Å². The van der Waals surface area contributed by atoms with Crippen molar-refractivity contribution in [3.05, 3.63) is 29.3 Å². The van der Waals surface area contributed by atoms with Crippen molar-refractivity contribution < 1.29 is 8.42 Å². The molecule has 0 aliphatic carbocycles. The van der Waals surface area contributed by atoms with E-state index in [9.17, 15) is 8.42 Å². The predicted molar refractivity (Wildman–Crippen MR) is 113 cm³/mol. The number of guanidine groups is 1. The van der Waals surface area contributed by atoms with Crippen LogP contribution in [-0.2, 0) is 10.0 Å². The van der Waals surface area contributed by atoms with Crippen molar-refractivity contribution in [2.75, 3.05) is 50.9 Å². The van der Waals surface area contributed by atoms with Crippen molar-refractivity contribution in [3.63, 3.8) is 0 Å². The SMILES string of the molecule is CCN(CCCNC(=NC)NC1CCN(c2cccc(Cl)c2)C1)S(C)(=O)=O. The van der Waals surface area contributed by atoms with Gasteiger partial charge in [-0.05, 0) is 31.0 Å². The summed E-state index contributed by atoms with van der Waals surface area (Å²) in [5.41, 5.74) is 1.13. The molecular weight excluding hydrogens is 386 g/mol. The Morgan fingerprint density at radius 2 is 2.22 bits per heavy atom. The summed E-state index contributed by atoms with van der Waals surface area (Å²) in [6, 6.07) is 8.21. The van der Waals surface area contributed by atoms with Crippen LogP contribution in [0.15, 0.2) is 29.3 Å².